The van der Waals surface area contributed by atoms with E-state index in [1.54, 1.807) is 0 Å². The van der Waals surface area contributed by atoms with Crippen LogP contribution in [0.3, 0.4) is 0 Å². The molecule has 102 valence electrons. The van der Waals surface area contributed by atoms with Crippen LogP contribution in [0.4, 0.5) is 17.1 Å². The first-order valence-electron chi connectivity index (χ1n) is 6.74. The van der Waals surface area contributed by atoms with Crippen LogP contribution in [-0.2, 0) is 0 Å². The third-order valence-corrected chi connectivity index (χ3v) is 3.99. The normalized spacial score (nSPS) is 12.3. The largest absolute Gasteiger partial charge is 0.453 e. The molecular formula is C18H12BrNO. The minimum atomic E-state index is 0.871. The number of anilines is 3. The van der Waals surface area contributed by atoms with E-state index >= 15 is 0 Å². The smallest absolute Gasteiger partial charge is 0.151 e. The molecule has 1 aliphatic heterocycles. The lowest BCUT2D eigenvalue weighted by molar-refractivity contribution is 0.477. The maximum absolute atomic E-state index is 6.01. The highest BCUT2D eigenvalue weighted by molar-refractivity contribution is 9.10. The van der Waals surface area contributed by atoms with Gasteiger partial charge in [-0.3, -0.25) is 0 Å². The van der Waals surface area contributed by atoms with Crippen molar-refractivity contribution in [1.29, 1.82) is 0 Å². The number of ether oxygens (including phenoxy) is 1. The summed E-state index contributed by atoms with van der Waals surface area (Å²) < 4.78 is 7.06. The van der Waals surface area contributed by atoms with Gasteiger partial charge in [0.25, 0.3) is 0 Å². The summed E-state index contributed by atoms with van der Waals surface area (Å²) >= 11 is 3.55. The summed E-state index contributed by atoms with van der Waals surface area (Å²) in [5.41, 5.74) is 3.20. The molecule has 0 atom stereocenters. The van der Waals surface area contributed by atoms with Crippen molar-refractivity contribution in [2.24, 2.45) is 0 Å². The van der Waals surface area contributed by atoms with Crippen LogP contribution in [0.25, 0.3) is 0 Å². The van der Waals surface area contributed by atoms with Crippen LogP contribution in [0.2, 0.25) is 0 Å². The van der Waals surface area contributed by atoms with Gasteiger partial charge in [0, 0.05) is 10.2 Å². The minimum Gasteiger partial charge on any atom is -0.453 e. The summed E-state index contributed by atoms with van der Waals surface area (Å²) in [6.07, 6.45) is 0. The van der Waals surface area contributed by atoms with Crippen LogP contribution in [0, 0.1) is 0 Å². The van der Waals surface area contributed by atoms with E-state index in [9.17, 15) is 0 Å². The topological polar surface area (TPSA) is 12.5 Å². The second kappa shape index (κ2) is 4.93. The summed E-state index contributed by atoms with van der Waals surface area (Å²) in [7, 11) is 0. The van der Waals surface area contributed by atoms with Crippen molar-refractivity contribution < 1.29 is 4.74 Å². The molecule has 0 N–H and O–H groups in total. The van der Waals surface area contributed by atoms with Crippen LogP contribution in [0.1, 0.15) is 0 Å². The molecule has 1 heterocycles. The Hall–Kier alpha value is -2.26. The fourth-order valence-electron chi connectivity index (χ4n) is 2.60. The molecule has 0 bridgehead atoms. The van der Waals surface area contributed by atoms with E-state index in [2.05, 4.69) is 45.1 Å². The number of hydrogen-bond donors (Lipinski definition) is 0. The quantitative estimate of drug-likeness (QED) is 0.420. The van der Waals surface area contributed by atoms with E-state index in [0.717, 1.165) is 33.0 Å². The first kappa shape index (κ1) is 12.5. The van der Waals surface area contributed by atoms with Crippen LogP contribution in [0.15, 0.2) is 77.3 Å². The average molecular weight is 338 g/mol. The lowest BCUT2D eigenvalue weighted by Crippen LogP contribution is -2.15. The Kier molecular flexibility index (Phi) is 2.93. The molecule has 0 aliphatic carbocycles. The molecule has 4 rings (SSSR count). The Morgan fingerprint density at radius 1 is 0.714 bits per heavy atom. The van der Waals surface area contributed by atoms with Gasteiger partial charge < -0.3 is 9.64 Å². The van der Waals surface area contributed by atoms with Gasteiger partial charge in [0.2, 0.25) is 0 Å². The molecule has 3 heteroatoms. The van der Waals surface area contributed by atoms with Crippen LogP contribution in [-0.4, -0.2) is 0 Å². The number of hydrogen-bond acceptors (Lipinski definition) is 2. The van der Waals surface area contributed by atoms with Crippen molar-refractivity contribution in [3.8, 4) is 11.5 Å². The van der Waals surface area contributed by atoms with E-state index in [0.29, 0.717) is 0 Å². The highest BCUT2D eigenvalue weighted by Crippen LogP contribution is 2.50. The zero-order valence-corrected chi connectivity index (χ0v) is 12.7. The number of benzene rings is 3. The Morgan fingerprint density at radius 2 is 1.33 bits per heavy atom. The molecule has 0 radical (unpaired) electrons. The summed E-state index contributed by atoms with van der Waals surface area (Å²) in [5.74, 6) is 1.74. The lowest BCUT2D eigenvalue weighted by Gasteiger charge is -2.32. The second-order valence-electron chi connectivity index (χ2n) is 4.85. The van der Waals surface area contributed by atoms with Gasteiger partial charge in [-0.2, -0.15) is 0 Å². The van der Waals surface area contributed by atoms with Gasteiger partial charge >= 0.3 is 0 Å². The monoisotopic (exact) mass is 337 g/mol. The number of rotatable bonds is 1. The van der Waals surface area contributed by atoms with Gasteiger partial charge in [0.05, 0.1) is 11.4 Å². The van der Waals surface area contributed by atoms with E-state index in [4.69, 9.17) is 4.74 Å². The van der Waals surface area contributed by atoms with Gasteiger partial charge in [0.1, 0.15) is 0 Å². The molecule has 1 aliphatic rings. The van der Waals surface area contributed by atoms with Crippen molar-refractivity contribution in [2.75, 3.05) is 4.90 Å². The number of nitrogens with zero attached hydrogens (tertiary/aromatic N) is 1. The lowest BCUT2D eigenvalue weighted by atomic mass is 10.1. The Labute approximate surface area is 131 Å². The van der Waals surface area contributed by atoms with Crippen molar-refractivity contribution in [3.63, 3.8) is 0 Å². The first-order valence-corrected chi connectivity index (χ1v) is 7.54. The predicted molar refractivity (Wildman–Crippen MR) is 88.9 cm³/mol. The van der Waals surface area contributed by atoms with Crippen molar-refractivity contribution in [1.82, 2.24) is 0 Å². The molecule has 0 aromatic heterocycles. The SMILES string of the molecule is Brc1cccc(N2c3ccccc3Oc3ccccc32)c1. The number of para-hydroxylation sites is 4. The highest BCUT2D eigenvalue weighted by atomic mass is 79.9. The average Bonchev–Trinajstić information content (AvgIpc) is 2.52. The fourth-order valence-corrected chi connectivity index (χ4v) is 2.99. The standard InChI is InChI=1S/C18H12BrNO/c19-13-6-5-7-14(12-13)20-15-8-1-3-10-17(15)21-18-11-4-2-9-16(18)20/h1-12H. The molecule has 0 saturated heterocycles. The molecule has 0 fully saturated rings. The number of fused-ring (bicyclic) bond motifs is 2. The van der Waals surface area contributed by atoms with Crippen LogP contribution >= 0.6 is 15.9 Å². The fraction of sp³-hybridized carbons (Fsp3) is 0. The molecule has 0 amide bonds. The predicted octanol–water partition coefficient (Wildman–Crippen LogP) is 6.02. The van der Waals surface area contributed by atoms with Gasteiger partial charge in [-0.05, 0) is 42.5 Å². The van der Waals surface area contributed by atoms with Crippen molar-refractivity contribution >= 4 is 33.0 Å². The van der Waals surface area contributed by atoms with Gasteiger partial charge in [-0.25, -0.2) is 0 Å². The van der Waals surface area contributed by atoms with Gasteiger partial charge in [-0.1, -0.05) is 46.3 Å². The molecule has 0 spiro atoms. The summed E-state index contributed by atoms with van der Waals surface area (Å²) in [6.45, 7) is 0. The van der Waals surface area contributed by atoms with Gasteiger partial charge in [0.15, 0.2) is 11.5 Å². The molecule has 21 heavy (non-hydrogen) atoms. The third kappa shape index (κ3) is 2.10. The maximum atomic E-state index is 6.01. The summed E-state index contributed by atoms with van der Waals surface area (Å²) in [4.78, 5) is 2.22. The number of halogens is 1. The first-order chi connectivity index (χ1) is 10.3. The summed E-state index contributed by atoms with van der Waals surface area (Å²) in [5, 5.41) is 0. The molecule has 3 aromatic rings. The molecule has 3 aromatic carbocycles. The van der Waals surface area contributed by atoms with Crippen LogP contribution in [0.5, 0.6) is 11.5 Å². The molecule has 0 unspecified atom stereocenters. The van der Waals surface area contributed by atoms with E-state index in [1.165, 1.54) is 0 Å². The van der Waals surface area contributed by atoms with E-state index < -0.39 is 0 Å². The third-order valence-electron chi connectivity index (χ3n) is 3.50. The molecule has 0 saturated carbocycles. The molecule has 2 nitrogen and oxygen atoms in total. The zero-order chi connectivity index (χ0) is 14.2. The Morgan fingerprint density at radius 3 is 1.95 bits per heavy atom. The van der Waals surface area contributed by atoms with E-state index in [1.807, 2.05) is 48.5 Å². The second-order valence-corrected chi connectivity index (χ2v) is 5.77. The Bertz CT molecular complexity index is 770. The van der Waals surface area contributed by atoms with Gasteiger partial charge in [-0.15, -0.1) is 0 Å². The zero-order valence-electron chi connectivity index (χ0n) is 11.2. The Balaban J connectivity index is 1.97. The minimum absolute atomic E-state index is 0.871. The molecular weight excluding hydrogens is 326 g/mol. The van der Waals surface area contributed by atoms with Crippen molar-refractivity contribution in [2.45, 2.75) is 0 Å². The maximum Gasteiger partial charge on any atom is 0.151 e. The van der Waals surface area contributed by atoms with E-state index in [-0.39, 0.29) is 0 Å². The van der Waals surface area contributed by atoms with Crippen molar-refractivity contribution in [3.05, 3.63) is 77.3 Å². The van der Waals surface area contributed by atoms with Crippen LogP contribution < -0.4 is 9.64 Å². The summed E-state index contributed by atoms with van der Waals surface area (Å²) in [6, 6.07) is 24.5. The highest BCUT2D eigenvalue weighted by Gasteiger charge is 2.24.